The van der Waals surface area contributed by atoms with Crippen molar-refractivity contribution >= 4 is 5.91 Å². The largest absolute Gasteiger partial charge is 0.433 e. The molecule has 1 aliphatic rings. The number of aryl methyl sites for hydroxylation is 1. The van der Waals surface area contributed by atoms with Gasteiger partial charge < -0.3 is 9.64 Å². The van der Waals surface area contributed by atoms with Crippen molar-refractivity contribution in [2.75, 3.05) is 6.54 Å². The molecule has 0 aliphatic carbocycles. The molecule has 0 bridgehead atoms. The summed E-state index contributed by atoms with van der Waals surface area (Å²) in [5, 5.41) is 7.17. The van der Waals surface area contributed by atoms with Crippen molar-refractivity contribution in [1.82, 2.24) is 20.1 Å². The summed E-state index contributed by atoms with van der Waals surface area (Å²) in [6.45, 7) is -0.385. The second-order valence-corrected chi connectivity index (χ2v) is 5.74. The first-order valence-electron chi connectivity index (χ1n) is 7.78. The number of halogens is 2. The van der Waals surface area contributed by atoms with Crippen LogP contribution in [-0.4, -0.2) is 39.1 Å². The van der Waals surface area contributed by atoms with Gasteiger partial charge in [-0.3, -0.25) is 9.89 Å². The highest BCUT2D eigenvalue weighted by atomic mass is 19.3. The molecule has 0 aromatic carbocycles. The van der Waals surface area contributed by atoms with E-state index in [1.54, 1.807) is 4.90 Å². The van der Waals surface area contributed by atoms with Gasteiger partial charge in [0.1, 0.15) is 11.4 Å². The van der Waals surface area contributed by atoms with Crippen molar-refractivity contribution in [2.24, 2.45) is 0 Å². The number of nitrogens with zero attached hydrogens (tertiary/aromatic N) is 3. The number of carbonyl (C=O) groups is 1. The van der Waals surface area contributed by atoms with Crippen molar-refractivity contribution in [2.45, 2.75) is 38.8 Å². The van der Waals surface area contributed by atoms with Gasteiger partial charge in [-0.2, -0.15) is 13.9 Å². The molecule has 2 aromatic rings. The number of alkyl halides is 2. The number of hydrogen-bond donors (Lipinski definition) is 1. The summed E-state index contributed by atoms with van der Waals surface area (Å²) in [6.07, 6.45) is 3.91. The van der Waals surface area contributed by atoms with E-state index in [1.165, 1.54) is 12.1 Å². The molecule has 1 unspecified atom stereocenters. The molecular formula is C16H18F2N4O2. The van der Waals surface area contributed by atoms with Crippen LogP contribution in [0, 0.1) is 6.92 Å². The molecule has 0 saturated carbocycles. The van der Waals surface area contributed by atoms with E-state index >= 15 is 0 Å². The number of hydrogen-bond acceptors (Lipinski definition) is 4. The monoisotopic (exact) mass is 336 g/mol. The summed E-state index contributed by atoms with van der Waals surface area (Å²) in [5.74, 6) is -0.302. The fourth-order valence-electron chi connectivity index (χ4n) is 2.92. The number of amides is 1. The van der Waals surface area contributed by atoms with Crippen LogP contribution in [-0.2, 0) is 0 Å². The highest BCUT2D eigenvalue weighted by molar-refractivity contribution is 5.92. The number of aromatic amines is 1. The van der Waals surface area contributed by atoms with E-state index in [0.29, 0.717) is 6.54 Å². The Morgan fingerprint density at radius 1 is 1.42 bits per heavy atom. The lowest BCUT2D eigenvalue weighted by Crippen LogP contribution is -2.39. The summed E-state index contributed by atoms with van der Waals surface area (Å²) in [5.41, 5.74) is 1.98. The minimum atomic E-state index is -2.91. The van der Waals surface area contributed by atoms with E-state index in [2.05, 4.69) is 19.9 Å². The van der Waals surface area contributed by atoms with Crippen LogP contribution in [0.4, 0.5) is 8.78 Å². The Kier molecular flexibility index (Phi) is 4.73. The normalized spacial score (nSPS) is 18.0. The first-order valence-corrected chi connectivity index (χ1v) is 7.78. The van der Waals surface area contributed by atoms with Crippen LogP contribution in [0.25, 0.3) is 0 Å². The number of aromatic nitrogens is 3. The van der Waals surface area contributed by atoms with Crippen LogP contribution in [0.3, 0.4) is 0 Å². The van der Waals surface area contributed by atoms with Gasteiger partial charge in [0.15, 0.2) is 0 Å². The Bertz CT molecular complexity index is 702. The maximum Gasteiger partial charge on any atom is 0.387 e. The fourth-order valence-corrected chi connectivity index (χ4v) is 2.92. The molecule has 1 aliphatic heterocycles. The quantitative estimate of drug-likeness (QED) is 0.931. The lowest BCUT2D eigenvalue weighted by Gasteiger charge is -2.34. The van der Waals surface area contributed by atoms with E-state index in [0.717, 1.165) is 36.8 Å². The summed E-state index contributed by atoms with van der Waals surface area (Å²) < 4.78 is 28.6. The van der Waals surface area contributed by atoms with Gasteiger partial charge in [0.05, 0.1) is 17.9 Å². The molecular weight excluding hydrogens is 318 g/mol. The van der Waals surface area contributed by atoms with Gasteiger partial charge in [-0.25, -0.2) is 4.98 Å². The summed E-state index contributed by atoms with van der Waals surface area (Å²) >= 11 is 0. The van der Waals surface area contributed by atoms with E-state index in [4.69, 9.17) is 0 Å². The minimum absolute atomic E-state index is 0.0697. The smallest absolute Gasteiger partial charge is 0.387 e. The van der Waals surface area contributed by atoms with Crippen molar-refractivity contribution in [1.29, 1.82) is 0 Å². The first-order chi connectivity index (χ1) is 11.5. The van der Waals surface area contributed by atoms with Crippen LogP contribution < -0.4 is 4.74 Å². The zero-order valence-electron chi connectivity index (χ0n) is 13.2. The molecule has 1 saturated heterocycles. The van der Waals surface area contributed by atoms with Gasteiger partial charge in [0.25, 0.3) is 5.91 Å². The van der Waals surface area contributed by atoms with Crippen LogP contribution >= 0.6 is 0 Å². The molecule has 1 amide bonds. The third-order valence-corrected chi connectivity index (χ3v) is 4.01. The number of H-pyrrole nitrogens is 1. The maximum atomic E-state index is 12.8. The zero-order valence-corrected chi connectivity index (χ0v) is 13.2. The number of nitrogens with one attached hydrogen (secondary N) is 1. The van der Waals surface area contributed by atoms with Crippen molar-refractivity contribution in [3.63, 3.8) is 0 Å². The number of carbonyl (C=O) groups excluding carboxylic acids is 1. The van der Waals surface area contributed by atoms with Gasteiger partial charge in [-0.05, 0) is 44.4 Å². The Hall–Kier alpha value is -2.51. The Balaban J connectivity index is 1.78. The summed E-state index contributed by atoms with van der Waals surface area (Å²) in [6, 6.07) is 4.56. The molecule has 3 rings (SSSR count). The van der Waals surface area contributed by atoms with E-state index in [9.17, 15) is 13.6 Å². The molecule has 1 N–H and O–H groups in total. The molecule has 6 nitrogen and oxygen atoms in total. The topological polar surface area (TPSA) is 71.1 Å². The van der Waals surface area contributed by atoms with Crippen LogP contribution in [0.2, 0.25) is 0 Å². The maximum absolute atomic E-state index is 12.8. The summed E-state index contributed by atoms with van der Waals surface area (Å²) in [4.78, 5) is 18.5. The van der Waals surface area contributed by atoms with Gasteiger partial charge in [-0.1, -0.05) is 0 Å². The molecule has 1 fully saturated rings. The number of rotatable bonds is 4. The molecule has 2 aromatic heterocycles. The predicted octanol–water partition coefficient (Wildman–Crippen LogP) is 3.08. The van der Waals surface area contributed by atoms with E-state index < -0.39 is 6.61 Å². The van der Waals surface area contributed by atoms with Crippen molar-refractivity contribution in [3.05, 3.63) is 41.5 Å². The number of likely N-dealkylation sites (tertiary alicyclic amines) is 1. The molecule has 128 valence electrons. The third kappa shape index (κ3) is 3.52. The molecule has 3 heterocycles. The Labute approximate surface area is 137 Å². The van der Waals surface area contributed by atoms with Crippen LogP contribution in [0.15, 0.2) is 24.4 Å². The Morgan fingerprint density at radius 2 is 2.25 bits per heavy atom. The number of ether oxygens (including phenoxy) is 1. The van der Waals surface area contributed by atoms with Crippen molar-refractivity contribution in [3.8, 4) is 5.75 Å². The summed E-state index contributed by atoms with van der Waals surface area (Å²) in [7, 11) is 0. The van der Waals surface area contributed by atoms with Crippen LogP contribution in [0.1, 0.15) is 47.2 Å². The molecule has 8 heteroatoms. The number of pyridine rings is 1. The zero-order chi connectivity index (χ0) is 17.1. The average molecular weight is 336 g/mol. The first kappa shape index (κ1) is 16.4. The van der Waals surface area contributed by atoms with Gasteiger partial charge >= 0.3 is 6.61 Å². The van der Waals surface area contributed by atoms with Crippen LogP contribution in [0.5, 0.6) is 5.75 Å². The second kappa shape index (κ2) is 6.94. The molecule has 1 atom stereocenters. The van der Waals surface area contributed by atoms with Crippen molar-refractivity contribution < 1.29 is 18.3 Å². The molecule has 0 radical (unpaired) electrons. The third-order valence-electron chi connectivity index (χ3n) is 4.01. The van der Waals surface area contributed by atoms with Gasteiger partial charge in [0.2, 0.25) is 0 Å². The molecule has 24 heavy (non-hydrogen) atoms. The lowest BCUT2D eigenvalue weighted by molar-refractivity contribution is -0.0500. The fraction of sp³-hybridized carbons (Fsp3) is 0.438. The van der Waals surface area contributed by atoms with Gasteiger partial charge in [0, 0.05) is 12.2 Å². The van der Waals surface area contributed by atoms with Gasteiger partial charge in [-0.15, -0.1) is 0 Å². The standard InChI is InChI=1S/C16H18F2N4O2/c1-10-8-13(21-20-10)14-4-2-3-7-22(14)15(23)12-6-5-11(9-19-12)24-16(17)18/h5-6,8-9,14,16H,2-4,7H2,1H3,(H,20,21). The average Bonchev–Trinajstić information content (AvgIpc) is 3.01. The minimum Gasteiger partial charge on any atom is -0.433 e. The van der Waals surface area contributed by atoms with E-state index in [-0.39, 0.29) is 23.4 Å². The highest BCUT2D eigenvalue weighted by Crippen LogP contribution is 2.31. The second-order valence-electron chi connectivity index (χ2n) is 5.74. The highest BCUT2D eigenvalue weighted by Gasteiger charge is 2.30. The lowest BCUT2D eigenvalue weighted by atomic mass is 9.98. The van der Waals surface area contributed by atoms with E-state index in [1.807, 2.05) is 13.0 Å². The predicted molar refractivity (Wildman–Crippen MR) is 81.8 cm³/mol. The molecule has 0 spiro atoms. The Morgan fingerprint density at radius 3 is 2.88 bits per heavy atom. The number of piperidine rings is 1. The SMILES string of the molecule is Cc1cc(C2CCCCN2C(=O)c2ccc(OC(F)F)cn2)n[nH]1.